The lowest BCUT2D eigenvalue weighted by atomic mass is 10.3. The van der Waals surface area contributed by atoms with Gasteiger partial charge >= 0.3 is 0 Å². The Labute approximate surface area is 111 Å². The van der Waals surface area contributed by atoms with Crippen molar-refractivity contribution in [3.05, 3.63) is 17.3 Å². The van der Waals surface area contributed by atoms with Crippen LogP contribution < -0.4 is 11.1 Å². The lowest BCUT2D eigenvalue weighted by molar-refractivity contribution is -0.129. The van der Waals surface area contributed by atoms with Crippen molar-refractivity contribution in [3.8, 4) is 0 Å². The predicted molar refractivity (Wildman–Crippen MR) is 72.6 cm³/mol. The first-order valence-corrected chi connectivity index (χ1v) is 6.47. The SMILES string of the molecule is Nc1cc(Cl)nc(NCCC(=O)N2CCCC2)c1. The first kappa shape index (κ1) is 13.0. The highest BCUT2D eigenvalue weighted by Gasteiger charge is 2.16. The van der Waals surface area contributed by atoms with Gasteiger partial charge in [-0.2, -0.15) is 0 Å². The molecule has 18 heavy (non-hydrogen) atoms. The summed E-state index contributed by atoms with van der Waals surface area (Å²) in [4.78, 5) is 17.8. The summed E-state index contributed by atoms with van der Waals surface area (Å²) in [5, 5.41) is 3.41. The summed E-state index contributed by atoms with van der Waals surface area (Å²) >= 11 is 5.79. The normalized spacial score (nSPS) is 14.8. The van der Waals surface area contributed by atoms with Gasteiger partial charge in [0.25, 0.3) is 0 Å². The van der Waals surface area contributed by atoms with Crippen molar-refractivity contribution in [2.75, 3.05) is 30.7 Å². The highest BCUT2D eigenvalue weighted by molar-refractivity contribution is 6.29. The van der Waals surface area contributed by atoms with E-state index in [4.69, 9.17) is 17.3 Å². The summed E-state index contributed by atoms with van der Waals surface area (Å²) in [6, 6.07) is 3.29. The average molecular weight is 269 g/mol. The van der Waals surface area contributed by atoms with Crippen LogP contribution in [0, 0.1) is 0 Å². The molecule has 1 fully saturated rings. The maximum absolute atomic E-state index is 11.8. The lowest BCUT2D eigenvalue weighted by Gasteiger charge is -2.15. The zero-order valence-corrected chi connectivity index (χ0v) is 10.9. The summed E-state index contributed by atoms with van der Waals surface area (Å²) < 4.78 is 0. The van der Waals surface area contributed by atoms with Gasteiger partial charge in [0, 0.05) is 37.8 Å². The van der Waals surface area contributed by atoms with Gasteiger partial charge in [0.15, 0.2) is 0 Å². The number of pyridine rings is 1. The Morgan fingerprint density at radius 2 is 2.17 bits per heavy atom. The smallest absolute Gasteiger partial charge is 0.224 e. The maximum Gasteiger partial charge on any atom is 0.224 e. The molecule has 3 N–H and O–H groups in total. The molecule has 1 aliphatic rings. The molecule has 2 rings (SSSR count). The Morgan fingerprint density at radius 3 is 2.83 bits per heavy atom. The average Bonchev–Trinajstić information content (AvgIpc) is 2.80. The molecule has 0 saturated carbocycles. The van der Waals surface area contributed by atoms with Crippen LogP contribution in [-0.2, 0) is 4.79 Å². The second kappa shape index (κ2) is 5.91. The van der Waals surface area contributed by atoms with Crippen LogP contribution in [0.5, 0.6) is 0 Å². The molecule has 0 atom stereocenters. The molecule has 1 amide bonds. The van der Waals surface area contributed by atoms with Crippen molar-refractivity contribution in [3.63, 3.8) is 0 Å². The van der Waals surface area contributed by atoms with Gasteiger partial charge in [0.2, 0.25) is 5.91 Å². The van der Waals surface area contributed by atoms with E-state index >= 15 is 0 Å². The van der Waals surface area contributed by atoms with Gasteiger partial charge in [-0.15, -0.1) is 0 Å². The summed E-state index contributed by atoms with van der Waals surface area (Å²) in [5.74, 6) is 0.796. The number of halogens is 1. The number of carbonyl (C=O) groups is 1. The van der Waals surface area contributed by atoms with Crippen LogP contribution in [0.15, 0.2) is 12.1 Å². The number of rotatable bonds is 4. The Bertz CT molecular complexity index is 412. The number of nitrogens with two attached hydrogens (primary N) is 1. The molecule has 0 bridgehead atoms. The third-order valence-corrected chi connectivity index (χ3v) is 3.11. The van der Waals surface area contributed by atoms with Crippen LogP contribution in [0.25, 0.3) is 0 Å². The van der Waals surface area contributed by atoms with Crippen LogP contribution in [0.1, 0.15) is 19.3 Å². The summed E-state index contributed by atoms with van der Waals surface area (Å²) in [5.41, 5.74) is 6.21. The third-order valence-electron chi connectivity index (χ3n) is 2.92. The van der Waals surface area contributed by atoms with E-state index in [0.717, 1.165) is 25.9 Å². The topological polar surface area (TPSA) is 71.2 Å². The molecule has 0 aliphatic carbocycles. The number of hydrogen-bond donors (Lipinski definition) is 2. The Kier molecular flexibility index (Phi) is 4.25. The molecule has 1 aromatic rings. The van der Waals surface area contributed by atoms with Crippen LogP contribution >= 0.6 is 11.6 Å². The summed E-state index contributed by atoms with van der Waals surface area (Å²) in [6.45, 7) is 2.32. The van der Waals surface area contributed by atoms with E-state index in [0.29, 0.717) is 29.6 Å². The molecule has 98 valence electrons. The highest BCUT2D eigenvalue weighted by Crippen LogP contribution is 2.16. The second-order valence-electron chi connectivity index (χ2n) is 4.37. The van der Waals surface area contributed by atoms with E-state index in [-0.39, 0.29) is 5.91 Å². The second-order valence-corrected chi connectivity index (χ2v) is 4.76. The highest BCUT2D eigenvalue weighted by atomic mass is 35.5. The van der Waals surface area contributed by atoms with E-state index < -0.39 is 0 Å². The molecule has 1 aromatic heterocycles. The number of anilines is 2. The zero-order valence-electron chi connectivity index (χ0n) is 10.2. The molecule has 0 radical (unpaired) electrons. The van der Waals surface area contributed by atoms with Crippen LogP contribution in [-0.4, -0.2) is 35.4 Å². The van der Waals surface area contributed by atoms with Gasteiger partial charge in [-0.05, 0) is 18.9 Å². The molecule has 1 aliphatic heterocycles. The number of nitrogens with zero attached hydrogens (tertiary/aromatic N) is 2. The number of hydrogen-bond acceptors (Lipinski definition) is 4. The van der Waals surface area contributed by atoms with E-state index in [1.54, 1.807) is 12.1 Å². The molecule has 5 nitrogen and oxygen atoms in total. The minimum Gasteiger partial charge on any atom is -0.399 e. The van der Waals surface area contributed by atoms with Crippen molar-refractivity contribution in [1.29, 1.82) is 0 Å². The number of nitrogens with one attached hydrogen (secondary N) is 1. The number of nitrogen functional groups attached to an aromatic ring is 1. The van der Waals surface area contributed by atoms with Crippen molar-refractivity contribution < 1.29 is 4.79 Å². The molecule has 6 heteroatoms. The van der Waals surface area contributed by atoms with Gasteiger partial charge in [-0.25, -0.2) is 4.98 Å². The Hall–Kier alpha value is -1.49. The number of amides is 1. The van der Waals surface area contributed by atoms with Crippen LogP contribution in [0.2, 0.25) is 5.15 Å². The molecular formula is C12H17ClN4O. The maximum atomic E-state index is 11.8. The third kappa shape index (κ3) is 3.50. The van der Waals surface area contributed by atoms with E-state index in [9.17, 15) is 4.79 Å². The van der Waals surface area contributed by atoms with E-state index in [1.807, 2.05) is 4.90 Å². The van der Waals surface area contributed by atoms with E-state index in [2.05, 4.69) is 10.3 Å². The number of carbonyl (C=O) groups excluding carboxylic acids is 1. The Morgan fingerprint density at radius 1 is 1.44 bits per heavy atom. The number of likely N-dealkylation sites (tertiary alicyclic amines) is 1. The molecule has 0 unspecified atom stereocenters. The van der Waals surface area contributed by atoms with Crippen molar-refractivity contribution in [1.82, 2.24) is 9.88 Å². The largest absolute Gasteiger partial charge is 0.399 e. The van der Waals surface area contributed by atoms with Gasteiger partial charge < -0.3 is 16.0 Å². The first-order valence-electron chi connectivity index (χ1n) is 6.10. The number of aromatic nitrogens is 1. The molecule has 2 heterocycles. The fraction of sp³-hybridized carbons (Fsp3) is 0.500. The van der Waals surface area contributed by atoms with Crippen molar-refractivity contribution in [2.24, 2.45) is 0 Å². The van der Waals surface area contributed by atoms with Gasteiger partial charge in [0.05, 0.1) is 0 Å². The monoisotopic (exact) mass is 268 g/mol. The van der Waals surface area contributed by atoms with Gasteiger partial charge in [-0.1, -0.05) is 11.6 Å². The standard InChI is InChI=1S/C12H17ClN4O/c13-10-7-9(14)8-11(16-10)15-4-3-12(18)17-5-1-2-6-17/h7-8H,1-6H2,(H3,14,15,16). The fourth-order valence-corrected chi connectivity index (χ4v) is 2.25. The first-order chi connectivity index (χ1) is 8.65. The van der Waals surface area contributed by atoms with E-state index in [1.165, 1.54) is 0 Å². The molecule has 0 aromatic carbocycles. The van der Waals surface area contributed by atoms with Crippen LogP contribution in [0.3, 0.4) is 0 Å². The summed E-state index contributed by atoms with van der Waals surface area (Å²) in [6.07, 6.45) is 2.70. The molecule has 0 spiro atoms. The predicted octanol–water partition coefficient (Wildman–Crippen LogP) is 1.74. The van der Waals surface area contributed by atoms with Crippen LogP contribution in [0.4, 0.5) is 11.5 Å². The Balaban J connectivity index is 1.79. The zero-order chi connectivity index (χ0) is 13.0. The van der Waals surface area contributed by atoms with Gasteiger partial charge in [0.1, 0.15) is 11.0 Å². The minimum atomic E-state index is 0.190. The van der Waals surface area contributed by atoms with Crippen molar-refractivity contribution >= 4 is 29.0 Å². The lowest BCUT2D eigenvalue weighted by Crippen LogP contribution is -2.29. The summed E-state index contributed by atoms with van der Waals surface area (Å²) in [7, 11) is 0. The molecule has 1 saturated heterocycles. The molecular weight excluding hydrogens is 252 g/mol. The fourth-order valence-electron chi connectivity index (χ4n) is 2.03. The minimum absolute atomic E-state index is 0.190. The quantitative estimate of drug-likeness (QED) is 0.816. The van der Waals surface area contributed by atoms with Crippen molar-refractivity contribution in [2.45, 2.75) is 19.3 Å². The van der Waals surface area contributed by atoms with Gasteiger partial charge in [-0.3, -0.25) is 4.79 Å².